The molecule has 29 heavy (non-hydrogen) atoms. The summed E-state index contributed by atoms with van der Waals surface area (Å²) in [5.41, 5.74) is 3.27. The van der Waals surface area contributed by atoms with Crippen LogP contribution in [0, 0.1) is 0 Å². The highest BCUT2D eigenvalue weighted by atomic mass is 35.5. The summed E-state index contributed by atoms with van der Waals surface area (Å²) in [6.45, 7) is 0.647. The predicted octanol–water partition coefficient (Wildman–Crippen LogP) is 4.96. The minimum Gasteiger partial charge on any atom is -0.493 e. The van der Waals surface area contributed by atoms with Gasteiger partial charge in [-0.15, -0.1) is 0 Å². The molecule has 1 aliphatic carbocycles. The number of hydrogen-bond donors (Lipinski definition) is 1. The first-order chi connectivity index (χ1) is 14.1. The molecule has 2 aromatic rings. The molecule has 0 radical (unpaired) electrons. The predicted molar refractivity (Wildman–Crippen MR) is 114 cm³/mol. The van der Waals surface area contributed by atoms with Gasteiger partial charge in [-0.05, 0) is 60.2 Å². The van der Waals surface area contributed by atoms with Crippen molar-refractivity contribution in [1.82, 2.24) is 10.2 Å². The van der Waals surface area contributed by atoms with Crippen molar-refractivity contribution >= 4 is 17.6 Å². The number of carbonyl (C=O) groups excluding carboxylic acids is 1. The highest BCUT2D eigenvalue weighted by molar-refractivity contribution is 6.30. The molecule has 1 aliphatic heterocycles. The smallest absolute Gasteiger partial charge is 0.318 e. The summed E-state index contributed by atoms with van der Waals surface area (Å²) >= 11 is 6.12. The number of ether oxygens (including phenoxy) is 2. The van der Waals surface area contributed by atoms with Gasteiger partial charge in [-0.3, -0.25) is 0 Å². The average molecular weight is 415 g/mol. The highest BCUT2D eigenvalue weighted by Gasteiger charge is 2.34. The maximum atomic E-state index is 13.2. The van der Waals surface area contributed by atoms with Crippen molar-refractivity contribution in [2.24, 2.45) is 0 Å². The number of methoxy groups -OCH3 is 2. The van der Waals surface area contributed by atoms with Gasteiger partial charge in [0, 0.05) is 17.6 Å². The Balaban J connectivity index is 1.74. The van der Waals surface area contributed by atoms with Crippen molar-refractivity contribution in [2.75, 3.05) is 20.8 Å². The lowest BCUT2D eigenvalue weighted by molar-refractivity contribution is 0.176. The lowest BCUT2D eigenvalue weighted by Crippen LogP contribution is -2.48. The number of halogens is 1. The molecule has 4 rings (SSSR count). The Kier molecular flexibility index (Phi) is 5.86. The number of nitrogens with one attached hydrogen (secondary N) is 1. The quantitative estimate of drug-likeness (QED) is 0.769. The first-order valence-electron chi connectivity index (χ1n) is 10.2. The Morgan fingerprint density at radius 2 is 1.72 bits per heavy atom. The van der Waals surface area contributed by atoms with Gasteiger partial charge in [0.25, 0.3) is 0 Å². The Morgan fingerprint density at radius 1 is 1.07 bits per heavy atom. The maximum Gasteiger partial charge on any atom is 0.318 e. The fourth-order valence-electron chi connectivity index (χ4n) is 4.50. The van der Waals surface area contributed by atoms with Crippen LogP contribution in [0.5, 0.6) is 11.5 Å². The fourth-order valence-corrected chi connectivity index (χ4v) is 4.62. The van der Waals surface area contributed by atoms with Gasteiger partial charge in [0.15, 0.2) is 11.5 Å². The van der Waals surface area contributed by atoms with E-state index in [1.165, 1.54) is 18.4 Å². The zero-order valence-corrected chi connectivity index (χ0v) is 17.7. The van der Waals surface area contributed by atoms with E-state index in [1.807, 2.05) is 41.3 Å². The van der Waals surface area contributed by atoms with Crippen molar-refractivity contribution in [3.63, 3.8) is 0 Å². The summed E-state index contributed by atoms with van der Waals surface area (Å²) in [6, 6.07) is 11.8. The van der Waals surface area contributed by atoms with Gasteiger partial charge in [-0.1, -0.05) is 36.6 Å². The molecular weight excluding hydrogens is 388 g/mol. The molecular formula is C23H27ClN2O3. The first-order valence-corrected chi connectivity index (χ1v) is 10.6. The Morgan fingerprint density at radius 3 is 2.38 bits per heavy atom. The molecule has 1 fully saturated rings. The molecule has 0 spiro atoms. The number of fused-ring (bicyclic) bond motifs is 1. The number of rotatable bonds is 4. The van der Waals surface area contributed by atoms with Crippen molar-refractivity contribution in [3.8, 4) is 11.5 Å². The Bertz CT molecular complexity index is 878. The third-order valence-corrected chi connectivity index (χ3v) is 6.26. The summed E-state index contributed by atoms with van der Waals surface area (Å²) in [4.78, 5) is 15.2. The van der Waals surface area contributed by atoms with Crippen LogP contribution in [0.4, 0.5) is 4.79 Å². The minimum absolute atomic E-state index is 0.00251. The molecule has 1 unspecified atom stereocenters. The first kappa shape index (κ1) is 19.9. The van der Waals surface area contributed by atoms with Crippen LogP contribution in [0.15, 0.2) is 36.4 Å². The average Bonchev–Trinajstić information content (AvgIpc) is 3.25. The van der Waals surface area contributed by atoms with Crippen molar-refractivity contribution in [1.29, 1.82) is 0 Å². The maximum absolute atomic E-state index is 13.2. The van der Waals surface area contributed by atoms with Crippen LogP contribution in [0.1, 0.15) is 48.4 Å². The summed E-state index contributed by atoms with van der Waals surface area (Å²) in [5.74, 6) is 1.38. The Labute approximate surface area is 176 Å². The number of hydrogen-bond acceptors (Lipinski definition) is 3. The number of urea groups is 1. The number of nitrogens with zero attached hydrogens (tertiary/aromatic N) is 1. The van der Waals surface area contributed by atoms with Crippen molar-refractivity contribution in [2.45, 2.75) is 44.2 Å². The molecule has 1 atom stereocenters. The van der Waals surface area contributed by atoms with Gasteiger partial charge in [0.2, 0.25) is 0 Å². The molecule has 6 heteroatoms. The van der Waals surface area contributed by atoms with Gasteiger partial charge in [0.1, 0.15) is 0 Å². The standard InChI is InChI=1S/C23H27ClN2O3/c1-28-20-13-16-11-12-26(23(27)25-18-5-3-4-6-18)22(19(16)14-21(20)29-2)15-7-9-17(24)10-8-15/h7-10,13-14,18,22H,3-6,11-12H2,1-2H3,(H,25,27). The third-order valence-electron chi connectivity index (χ3n) is 6.00. The molecule has 2 aliphatic rings. The Hall–Kier alpha value is -2.40. The van der Waals surface area contributed by atoms with Crippen molar-refractivity contribution in [3.05, 3.63) is 58.1 Å². The lowest BCUT2D eigenvalue weighted by Gasteiger charge is -2.38. The van der Waals surface area contributed by atoms with E-state index < -0.39 is 0 Å². The van der Waals surface area contributed by atoms with E-state index in [9.17, 15) is 4.79 Å². The number of carbonyl (C=O) groups is 1. The van der Waals surface area contributed by atoms with E-state index in [2.05, 4.69) is 5.32 Å². The topological polar surface area (TPSA) is 50.8 Å². The minimum atomic E-state index is -0.197. The molecule has 1 N–H and O–H groups in total. The molecule has 1 heterocycles. The molecule has 1 saturated carbocycles. The normalized spacial score (nSPS) is 19.0. The van der Waals surface area contributed by atoms with Crippen LogP contribution in [0.2, 0.25) is 5.02 Å². The molecule has 154 valence electrons. The summed E-state index contributed by atoms with van der Waals surface area (Å²) < 4.78 is 11.0. The van der Waals surface area contributed by atoms with E-state index in [-0.39, 0.29) is 18.1 Å². The third kappa shape index (κ3) is 4.01. The van der Waals surface area contributed by atoms with Gasteiger partial charge in [-0.25, -0.2) is 4.79 Å². The number of benzene rings is 2. The summed E-state index contributed by atoms with van der Waals surface area (Å²) in [5, 5.41) is 3.93. The van der Waals surface area contributed by atoms with E-state index in [0.29, 0.717) is 23.1 Å². The second-order valence-electron chi connectivity index (χ2n) is 7.73. The highest BCUT2D eigenvalue weighted by Crippen LogP contribution is 2.41. The summed E-state index contributed by atoms with van der Waals surface area (Å²) in [6.07, 6.45) is 5.27. The van der Waals surface area contributed by atoms with Gasteiger partial charge in [-0.2, -0.15) is 0 Å². The molecule has 0 saturated heterocycles. The van der Waals surface area contributed by atoms with Crippen LogP contribution in [-0.4, -0.2) is 37.7 Å². The number of amides is 2. The molecule has 2 aromatic carbocycles. The van der Waals surface area contributed by atoms with Gasteiger partial charge in [0.05, 0.1) is 20.3 Å². The molecule has 0 aromatic heterocycles. The zero-order valence-electron chi connectivity index (χ0n) is 16.9. The van der Waals surface area contributed by atoms with Crippen molar-refractivity contribution < 1.29 is 14.3 Å². The fraction of sp³-hybridized carbons (Fsp3) is 0.435. The second kappa shape index (κ2) is 8.54. The largest absolute Gasteiger partial charge is 0.493 e. The van der Waals surface area contributed by atoms with Gasteiger partial charge < -0.3 is 19.7 Å². The van der Waals surface area contributed by atoms with E-state index in [1.54, 1.807) is 14.2 Å². The SMILES string of the molecule is COc1cc2c(cc1OC)C(c1ccc(Cl)cc1)N(C(=O)NC1CCCC1)CC2. The van der Waals surface area contributed by atoms with E-state index >= 15 is 0 Å². The zero-order chi connectivity index (χ0) is 20.4. The van der Waals surface area contributed by atoms with E-state index in [4.69, 9.17) is 21.1 Å². The molecule has 0 bridgehead atoms. The second-order valence-corrected chi connectivity index (χ2v) is 8.17. The lowest BCUT2D eigenvalue weighted by atomic mass is 9.88. The van der Waals surface area contributed by atoms with E-state index in [0.717, 1.165) is 30.4 Å². The molecule has 2 amide bonds. The monoisotopic (exact) mass is 414 g/mol. The van der Waals surface area contributed by atoms with Crippen LogP contribution in [0.25, 0.3) is 0 Å². The van der Waals surface area contributed by atoms with Crippen LogP contribution < -0.4 is 14.8 Å². The van der Waals surface area contributed by atoms with Crippen LogP contribution in [0.3, 0.4) is 0 Å². The molecule has 5 nitrogen and oxygen atoms in total. The van der Waals surface area contributed by atoms with Gasteiger partial charge >= 0.3 is 6.03 Å². The van der Waals surface area contributed by atoms with Crippen LogP contribution in [-0.2, 0) is 6.42 Å². The summed E-state index contributed by atoms with van der Waals surface area (Å²) in [7, 11) is 3.28. The van der Waals surface area contributed by atoms with Crippen LogP contribution >= 0.6 is 11.6 Å².